The van der Waals surface area contributed by atoms with Gasteiger partial charge in [0.15, 0.2) is 5.96 Å². The molecule has 0 radical (unpaired) electrons. The molecule has 0 spiro atoms. The summed E-state index contributed by atoms with van der Waals surface area (Å²) in [7, 11) is -3.09. The zero-order valence-electron chi connectivity index (χ0n) is 11.3. The van der Waals surface area contributed by atoms with Gasteiger partial charge in [0.2, 0.25) is 10.0 Å². The minimum absolute atomic E-state index is 0.423. The summed E-state index contributed by atoms with van der Waals surface area (Å²) < 4.78 is 24.1. The van der Waals surface area contributed by atoms with Gasteiger partial charge in [-0.05, 0) is 19.6 Å². The lowest BCUT2D eigenvalue weighted by Crippen LogP contribution is -2.38. The molecule has 0 aliphatic rings. The summed E-state index contributed by atoms with van der Waals surface area (Å²) >= 11 is 1.77. The average molecular weight is 296 g/mol. The van der Waals surface area contributed by atoms with Crippen molar-refractivity contribution in [2.24, 2.45) is 4.99 Å². The van der Waals surface area contributed by atoms with E-state index in [0.717, 1.165) is 31.1 Å². The first-order valence-electron chi connectivity index (χ1n) is 5.95. The highest BCUT2D eigenvalue weighted by Gasteiger charge is 1.99. The molecule has 0 saturated carbocycles. The van der Waals surface area contributed by atoms with Crippen LogP contribution in [0.3, 0.4) is 0 Å². The molecule has 3 N–H and O–H groups in total. The van der Waals surface area contributed by atoms with Gasteiger partial charge >= 0.3 is 0 Å². The Kier molecular flexibility index (Phi) is 10.2. The molecular formula is C10H24N4O2S2. The Morgan fingerprint density at radius 3 is 2.56 bits per heavy atom. The van der Waals surface area contributed by atoms with Crippen LogP contribution in [-0.2, 0) is 10.0 Å². The number of guanidine groups is 1. The molecule has 0 saturated heterocycles. The molecule has 0 aromatic rings. The van der Waals surface area contributed by atoms with Crippen LogP contribution in [0.2, 0.25) is 0 Å². The van der Waals surface area contributed by atoms with Crippen LogP contribution in [0.4, 0.5) is 0 Å². The van der Waals surface area contributed by atoms with Crippen molar-refractivity contribution >= 4 is 27.7 Å². The Balaban J connectivity index is 3.85. The lowest BCUT2D eigenvalue weighted by Gasteiger charge is -2.10. The highest BCUT2D eigenvalue weighted by atomic mass is 32.2. The first kappa shape index (κ1) is 17.5. The average Bonchev–Trinajstić information content (AvgIpc) is 2.27. The van der Waals surface area contributed by atoms with Gasteiger partial charge in [-0.25, -0.2) is 13.1 Å². The Morgan fingerprint density at radius 2 is 2.00 bits per heavy atom. The summed E-state index contributed by atoms with van der Waals surface area (Å²) in [4.78, 5) is 4.36. The SMILES string of the molecule is CCNC(=NCCCNS(C)(=O)=O)NCCSC. The van der Waals surface area contributed by atoms with Gasteiger partial charge in [0.1, 0.15) is 0 Å². The number of nitrogens with one attached hydrogen (secondary N) is 3. The molecule has 0 aliphatic heterocycles. The summed E-state index contributed by atoms with van der Waals surface area (Å²) in [6.45, 7) is 4.71. The maximum atomic E-state index is 10.8. The quantitative estimate of drug-likeness (QED) is 0.313. The molecule has 0 aliphatic carbocycles. The van der Waals surface area contributed by atoms with E-state index in [2.05, 4.69) is 26.6 Å². The van der Waals surface area contributed by atoms with Crippen molar-refractivity contribution in [3.63, 3.8) is 0 Å². The van der Waals surface area contributed by atoms with E-state index in [1.807, 2.05) is 6.92 Å². The Hall–Kier alpha value is -0.470. The van der Waals surface area contributed by atoms with Crippen LogP contribution in [0.25, 0.3) is 0 Å². The predicted molar refractivity (Wildman–Crippen MR) is 79.8 cm³/mol. The van der Waals surface area contributed by atoms with Crippen molar-refractivity contribution in [2.75, 3.05) is 44.4 Å². The van der Waals surface area contributed by atoms with Crippen LogP contribution in [0, 0.1) is 0 Å². The van der Waals surface area contributed by atoms with Gasteiger partial charge in [-0.3, -0.25) is 4.99 Å². The fourth-order valence-corrected chi connectivity index (χ4v) is 1.96. The zero-order chi connectivity index (χ0) is 13.9. The molecule has 18 heavy (non-hydrogen) atoms. The van der Waals surface area contributed by atoms with E-state index < -0.39 is 10.0 Å². The Bertz CT molecular complexity index is 331. The summed E-state index contributed by atoms with van der Waals surface area (Å²) in [6, 6.07) is 0. The second-order valence-corrected chi connectivity index (χ2v) is 6.52. The lowest BCUT2D eigenvalue weighted by atomic mass is 10.4. The number of aliphatic imine (C=N–C) groups is 1. The van der Waals surface area contributed by atoms with Crippen molar-refractivity contribution in [1.82, 2.24) is 15.4 Å². The minimum Gasteiger partial charge on any atom is -0.357 e. The fourth-order valence-electron chi connectivity index (χ4n) is 1.14. The molecule has 0 rings (SSSR count). The third-order valence-electron chi connectivity index (χ3n) is 1.91. The molecular weight excluding hydrogens is 272 g/mol. The van der Waals surface area contributed by atoms with E-state index in [0.29, 0.717) is 19.5 Å². The van der Waals surface area contributed by atoms with Crippen LogP contribution in [-0.4, -0.2) is 58.8 Å². The molecule has 0 atom stereocenters. The fraction of sp³-hybridized carbons (Fsp3) is 0.900. The molecule has 0 unspecified atom stereocenters. The Morgan fingerprint density at radius 1 is 1.28 bits per heavy atom. The number of hydrogen-bond acceptors (Lipinski definition) is 4. The predicted octanol–water partition coefficient (Wildman–Crippen LogP) is -0.156. The van der Waals surface area contributed by atoms with Crippen molar-refractivity contribution in [3.8, 4) is 0 Å². The van der Waals surface area contributed by atoms with Crippen molar-refractivity contribution in [3.05, 3.63) is 0 Å². The highest BCUT2D eigenvalue weighted by Crippen LogP contribution is 1.87. The standard InChI is InChI=1S/C10H24N4O2S2/c1-4-11-10(13-8-9-17-2)12-6-5-7-14-18(3,15)16/h14H,4-9H2,1-3H3,(H2,11,12,13). The van der Waals surface area contributed by atoms with Gasteiger partial charge in [0.25, 0.3) is 0 Å². The third kappa shape index (κ3) is 12.0. The molecule has 108 valence electrons. The molecule has 0 aromatic heterocycles. The molecule has 0 aromatic carbocycles. The van der Waals surface area contributed by atoms with E-state index >= 15 is 0 Å². The number of nitrogens with zero attached hydrogens (tertiary/aromatic N) is 1. The van der Waals surface area contributed by atoms with Crippen molar-refractivity contribution < 1.29 is 8.42 Å². The third-order valence-corrected chi connectivity index (χ3v) is 3.25. The molecule has 8 heteroatoms. The van der Waals surface area contributed by atoms with Gasteiger partial charge in [-0.2, -0.15) is 11.8 Å². The summed E-state index contributed by atoms with van der Waals surface area (Å²) in [6.07, 6.45) is 3.90. The van der Waals surface area contributed by atoms with Crippen molar-refractivity contribution in [1.29, 1.82) is 0 Å². The summed E-state index contributed by atoms with van der Waals surface area (Å²) in [5.41, 5.74) is 0. The second-order valence-electron chi connectivity index (χ2n) is 3.70. The van der Waals surface area contributed by atoms with E-state index in [9.17, 15) is 8.42 Å². The lowest BCUT2D eigenvalue weighted by molar-refractivity contribution is 0.585. The van der Waals surface area contributed by atoms with E-state index in [4.69, 9.17) is 0 Å². The van der Waals surface area contributed by atoms with Gasteiger partial charge in [-0.1, -0.05) is 0 Å². The highest BCUT2D eigenvalue weighted by molar-refractivity contribution is 7.98. The van der Waals surface area contributed by atoms with E-state index in [-0.39, 0.29) is 0 Å². The van der Waals surface area contributed by atoms with Gasteiger partial charge in [0.05, 0.1) is 6.26 Å². The number of thioether (sulfide) groups is 1. The number of hydrogen-bond donors (Lipinski definition) is 3. The molecule has 0 fully saturated rings. The van der Waals surface area contributed by atoms with Crippen LogP contribution in [0.15, 0.2) is 4.99 Å². The zero-order valence-corrected chi connectivity index (χ0v) is 13.0. The van der Waals surface area contributed by atoms with Crippen LogP contribution in [0.5, 0.6) is 0 Å². The second kappa shape index (κ2) is 10.5. The topological polar surface area (TPSA) is 82.6 Å². The molecule has 0 bridgehead atoms. The van der Waals surface area contributed by atoms with E-state index in [1.165, 1.54) is 0 Å². The minimum atomic E-state index is -3.09. The maximum absolute atomic E-state index is 10.8. The van der Waals surface area contributed by atoms with Crippen LogP contribution < -0.4 is 15.4 Å². The maximum Gasteiger partial charge on any atom is 0.208 e. The van der Waals surface area contributed by atoms with E-state index in [1.54, 1.807) is 11.8 Å². The van der Waals surface area contributed by atoms with Gasteiger partial charge < -0.3 is 10.6 Å². The summed E-state index contributed by atoms with van der Waals surface area (Å²) in [5.74, 6) is 1.81. The molecule has 0 heterocycles. The first-order chi connectivity index (χ1) is 8.49. The van der Waals surface area contributed by atoms with Crippen molar-refractivity contribution in [2.45, 2.75) is 13.3 Å². The number of rotatable bonds is 9. The molecule has 6 nitrogen and oxygen atoms in total. The number of sulfonamides is 1. The summed E-state index contributed by atoms with van der Waals surface area (Å²) in [5, 5.41) is 6.35. The largest absolute Gasteiger partial charge is 0.357 e. The Labute approximate surface area is 114 Å². The van der Waals surface area contributed by atoms with Gasteiger partial charge in [-0.15, -0.1) is 0 Å². The molecule has 0 amide bonds. The smallest absolute Gasteiger partial charge is 0.208 e. The van der Waals surface area contributed by atoms with Crippen LogP contribution >= 0.6 is 11.8 Å². The normalized spacial score (nSPS) is 12.5. The first-order valence-corrected chi connectivity index (χ1v) is 9.24. The monoisotopic (exact) mass is 296 g/mol. The van der Waals surface area contributed by atoms with Gasteiger partial charge in [0, 0.05) is 31.9 Å². The van der Waals surface area contributed by atoms with Crippen LogP contribution in [0.1, 0.15) is 13.3 Å².